The first-order valence-electron chi connectivity index (χ1n) is 3.11. The van der Waals surface area contributed by atoms with Gasteiger partial charge in [0.15, 0.2) is 0 Å². The van der Waals surface area contributed by atoms with E-state index in [9.17, 15) is 4.79 Å². The van der Waals surface area contributed by atoms with Crippen LogP contribution < -0.4 is 0 Å². The van der Waals surface area contributed by atoms with Crippen molar-refractivity contribution in [1.82, 2.24) is 4.90 Å². The normalized spacial score (nSPS) is 11.7. The molecule has 0 radical (unpaired) electrons. The molecule has 0 spiro atoms. The minimum atomic E-state index is -0.526. The Morgan fingerprint density at radius 2 is 1.90 bits per heavy atom. The fourth-order valence-corrected chi connectivity index (χ4v) is 0.385. The van der Waals surface area contributed by atoms with Gasteiger partial charge in [-0.05, 0) is 34.7 Å². The van der Waals surface area contributed by atoms with Gasteiger partial charge >= 0.3 is 0 Å². The van der Waals surface area contributed by atoms with Gasteiger partial charge in [0.05, 0.1) is 5.54 Å². The van der Waals surface area contributed by atoms with Gasteiger partial charge < -0.3 is 0 Å². The molecule has 0 bridgehead atoms. The van der Waals surface area contributed by atoms with Crippen LogP contribution in [-0.4, -0.2) is 37.2 Å². The second-order valence-electron chi connectivity index (χ2n) is 2.92. The Kier molecular flexibility index (Phi) is 2.72. The number of carbonyl (C=O) groups is 1. The van der Waals surface area contributed by atoms with Crippen LogP contribution in [-0.2, 0) is 4.79 Å². The van der Waals surface area contributed by atoms with Crippen LogP contribution >= 0.6 is 0 Å². The zero-order valence-electron chi connectivity index (χ0n) is 7.01. The fraction of sp³-hybridized carbons (Fsp3) is 0.714. The lowest BCUT2D eigenvalue weighted by molar-refractivity contribution is -0.126. The average Bonchev–Trinajstić information content (AvgIpc) is 1.86. The van der Waals surface area contributed by atoms with E-state index in [4.69, 9.17) is 0 Å². The standard InChI is InChI=1S/C7H14N2O/c1-7(2,9(4)5)6(10)8-3/h3H2,1-2,4-5H3. The lowest BCUT2D eigenvalue weighted by Gasteiger charge is -2.28. The summed E-state index contributed by atoms with van der Waals surface area (Å²) in [5.41, 5.74) is -0.526. The number of amides is 1. The maximum atomic E-state index is 11.0. The number of aliphatic imine (C=N–C) groups is 1. The predicted molar refractivity (Wildman–Crippen MR) is 42.3 cm³/mol. The van der Waals surface area contributed by atoms with Crippen molar-refractivity contribution in [2.45, 2.75) is 19.4 Å². The molecule has 58 valence electrons. The van der Waals surface area contributed by atoms with E-state index in [2.05, 4.69) is 11.7 Å². The largest absolute Gasteiger partial charge is 0.296 e. The maximum absolute atomic E-state index is 11.0. The van der Waals surface area contributed by atoms with Crippen molar-refractivity contribution in [3.63, 3.8) is 0 Å². The molecule has 0 unspecified atom stereocenters. The molecule has 0 aromatic heterocycles. The molecule has 0 atom stereocenters. The van der Waals surface area contributed by atoms with Gasteiger partial charge in [-0.2, -0.15) is 0 Å². The van der Waals surface area contributed by atoms with Gasteiger partial charge in [-0.15, -0.1) is 0 Å². The zero-order valence-corrected chi connectivity index (χ0v) is 7.01. The summed E-state index contributed by atoms with van der Waals surface area (Å²) in [4.78, 5) is 16.2. The first-order chi connectivity index (χ1) is 4.42. The van der Waals surface area contributed by atoms with E-state index in [1.807, 2.05) is 32.8 Å². The summed E-state index contributed by atoms with van der Waals surface area (Å²) in [5.74, 6) is -0.197. The highest BCUT2D eigenvalue weighted by atomic mass is 16.2. The van der Waals surface area contributed by atoms with Crippen LogP contribution in [0.1, 0.15) is 13.8 Å². The third kappa shape index (κ3) is 1.64. The molecule has 0 aliphatic carbocycles. The molecule has 0 N–H and O–H groups in total. The lowest BCUT2D eigenvalue weighted by Crippen LogP contribution is -2.44. The van der Waals surface area contributed by atoms with Crippen LogP contribution in [0.5, 0.6) is 0 Å². The SMILES string of the molecule is C=NC(=O)C(C)(C)N(C)C. The molecule has 3 nitrogen and oxygen atoms in total. The van der Waals surface area contributed by atoms with Crippen molar-refractivity contribution in [2.75, 3.05) is 14.1 Å². The maximum Gasteiger partial charge on any atom is 0.264 e. The molecule has 0 aromatic carbocycles. The highest BCUT2D eigenvalue weighted by Crippen LogP contribution is 2.10. The van der Waals surface area contributed by atoms with E-state index in [1.54, 1.807) is 0 Å². The van der Waals surface area contributed by atoms with Gasteiger partial charge in [0, 0.05) is 0 Å². The molecule has 0 aliphatic rings. The van der Waals surface area contributed by atoms with Crippen LogP contribution in [0.2, 0.25) is 0 Å². The topological polar surface area (TPSA) is 32.7 Å². The summed E-state index contributed by atoms with van der Waals surface area (Å²) < 4.78 is 0. The van der Waals surface area contributed by atoms with Gasteiger partial charge in [-0.1, -0.05) is 0 Å². The van der Waals surface area contributed by atoms with E-state index in [0.29, 0.717) is 0 Å². The van der Waals surface area contributed by atoms with Crippen molar-refractivity contribution in [2.24, 2.45) is 4.99 Å². The number of nitrogens with zero attached hydrogens (tertiary/aromatic N) is 2. The van der Waals surface area contributed by atoms with Gasteiger partial charge in [0.25, 0.3) is 5.91 Å². The Morgan fingerprint density at radius 1 is 1.50 bits per heavy atom. The van der Waals surface area contributed by atoms with E-state index in [-0.39, 0.29) is 5.91 Å². The molecule has 0 rings (SSSR count). The Balaban J connectivity index is 4.39. The summed E-state index contributed by atoms with van der Waals surface area (Å²) in [6, 6.07) is 0. The summed E-state index contributed by atoms with van der Waals surface area (Å²) >= 11 is 0. The smallest absolute Gasteiger partial charge is 0.264 e. The van der Waals surface area contributed by atoms with Crippen LogP contribution in [0.4, 0.5) is 0 Å². The third-order valence-corrected chi connectivity index (χ3v) is 1.79. The van der Waals surface area contributed by atoms with Gasteiger partial charge in [-0.25, -0.2) is 4.99 Å². The fourth-order valence-electron chi connectivity index (χ4n) is 0.385. The zero-order chi connectivity index (χ0) is 8.36. The number of likely N-dealkylation sites (N-methyl/N-ethyl adjacent to an activating group) is 1. The third-order valence-electron chi connectivity index (χ3n) is 1.79. The van der Waals surface area contributed by atoms with Crippen molar-refractivity contribution in [3.05, 3.63) is 0 Å². The Hall–Kier alpha value is -0.700. The van der Waals surface area contributed by atoms with Crippen molar-refractivity contribution < 1.29 is 4.79 Å². The molecule has 0 saturated heterocycles. The number of hydrogen-bond acceptors (Lipinski definition) is 2. The van der Waals surface area contributed by atoms with Gasteiger partial charge in [0.1, 0.15) is 0 Å². The first-order valence-corrected chi connectivity index (χ1v) is 3.11. The summed E-state index contributed by atoms with van der Waals surface area (Å²) in [6.45, 7) is 6.80. The predicted octanol–water partition coefficient (Wildman–Crippen LogP) is 0.554. The molecule has 10 heavy (non-hydrogen) atoms. The van der Waals surface area contributed by atoms with Crippen molar-refractivity contribution >= 4 is 12.6 Å². The Morgan fingerprint density at radius 3 is 2.00 bits per heavy atom. The molecule has 3 heteroatoms. The molecule has 0 aliphatic heterocycles. The Bertz CT molecular complexity index is 150. The number of hydrogen-bond donors (Lipinski definition) is 0. The molecule has 0 heterocycles. The minimum Gasteiger partial charge on any atom is -0.296 e. The van der Waals surface area contributed by atoms with E-state index in [0.717, 1.165) is 0 Å². The summed E-state index contributed by atoms with van der Waals surface area (Å²) in [6.07, 6.45) is 0. The molecule has 0 fully saturated rings. The van der Waals surface area contributed by atoms with E-state index < -0.39 is 5.54 Å². The second kappa shape index (κ2) is 2.92. The molecular formula is C7H14N2O. The van der Waals surface area contributed by atoms with Crippen molar-refractivity contribution in [3.8, 4) is 0 Å². The molecule has 0 saturated carbocycles. The van der Waals surface area contributed by atoms with Crippen LogP contribution in [0.3, 0.4) is 0 Å². The number of carbonyl (C=O) groups excluding carboxylic acids is 1. The highest BCUT2D eigenvalue weighted by molar-refractivity contribution is 5.88. The number of rotatable bonds is 2. The lowest BCUT2D eigenvalue weighted by atomic mass is 10.0. The van der Waals surface area contributed by atoms with E-state index >= 15 is 0 Å². The second-order valence-corrected chi connectivity index (χ2v) is 2.92. The minimum absolute atomic E-state index is 0.197. The summed E-state index contributed by atoms with van der Waals surface area (Å²) in [5, 5.41) is 0. The molecule has 0 aromatic rings. The van der Waals surface area contributed by atoms with Crippen LogP contribution in [0, 0.1) is 0 Å². The quantitative estimate of drug-likeness (QED) is 0.527. The monoisotopic (exact) mass is 142 g/mol. The van der Waals surface area contributed by atoms with E-state index in [1.165, 1.54) is 0 Å². The van der Waals surface area contributed by atoms with Crippen molar-refractivity contribution in [1.29, 1.82) is 0 Å². The Labute approximate surface area is 61.7 Å². The van der Waals surface area contributed by atoms with Crippen LogP contribution in [0.15, 0.2) is 4.99 Å². The molecular weight excluding hydrogens is 128 g/mol. The first kappa shape index (κ1) is 9.30. The van der Waals surface area contributed by atoms with Gasteiger partial charge in [-0.3, -0.25) is 9.69 Å². The average molecular weight is 142 g/mol. The highest BCUT2D eigenvalue weighted by Gasteiger charge is 2.28. The summed E-state index contributed by atoms with van der Waals surface area (Å²) in [7, 11) is 3.67. The van der Waals surface area contributed by atoms with Crippen LogP contribution in [0.25, 0.3) is 0 Å². The molecule has 1 amide bonds. The van der Waals surface area contributed by atoms with Gasteiger partial charge in [0.2, 0.25) is 0 Å².